The van der Waals surface area contributed by atoms with Crippen LogP contribution in [0.25, 0.3) is 0 Å². The fourth-order valence-electron chi connectivity index (χ4n) is 2.02. The second-order valence-electron chi connectivity index (χ2n) is 4.72. The Morgan fingerprint density at radius 1 is 1.42 bits per heavy atom. The van der Waals surface area contributed by atoms with Crippen molar-refractivity contribution in [2.24, 2.45) is 5.92 Å². The first-order chi connectivity index (χ1) is 8.82. The molecule has 1 N–H and O–H groups in total. The van der Waals surface area contributed by atoms with E-state index < -0.39 is 30.0 Å². The van der Waals surface area contributed by atoms with Crippen molar-refractivity contribution in [3.05, 3.63) is 0 Å². The van der Waals surface area contributed by atoms with Crippen LogP contribution in [0.3, 0.4) is 0 Å². The highest BCUT2D eigenvalue weighted by Gasteiger charge is 2.37. The normalized spacial score (nSPS) is 24.9. The third kappa shape index (κ3) is 4.49. The Morgan fingerprint density at radius 2 is 2.05 bits per heavy atom. The Bertz CT molecular complexity index is 377. The lowest BCUT2D eigenvalue weighted by Crippen LogP contribution is -2.53. The highest BCUT2D eigenvalue weighted by Crippen LogP contribution is 2.23. The summed E-state index contributed by atoms with van der Waals surface area (Å²) in [6, 6.07) is -0.954. The molecule has 5 nitrogen and oxygen atoms in total. The van der Waals surface area contributed by atoms with Gasteiger partial charge in [-0.05, 0) is 12.8 Å². The minimum atomic E-state index is -1.17. The zero-order valence-corrected chi connectivity index (χ0v) is 11.8. The summed E-state index contributed by atoms with van der Waals surface area (Å²) in [7, 11) is 0. The smallest absolute Gasteiger partial charge is 0.326 e. The van der Waals surface area contributed by atoms with Crippen molar-refractivity contribution < 1.29 is 23.9 Å². The van der Waals surface area contributed by atoms with E-state index in [1.807, 2.05) is 0 Å². The minimum Gasteiger partial charge on any atom is -0.480 e. The van der Waals surface area contributed by atoms with Gasteiger partial charge < -0.3 is 10.0 Å². The molecular formula is C12H18FNO4S. The van der Waals surface area contributed by atoms with Crippen LogP contribution in [0, 0.1) is 5.92 Å². The SMILES string of the molecule is CC(=O)SCC(C)C(=O)N1CC(F)CCC1C(=O)O. The molecule has 1 fully saturated rings. The Morgan fingerprint density at radius 3 is 2.58 bits per heavy atom. The van der Waals surface area contributed by atoms with Crippen molar-refractivity contribution in [1.29, 1.82) is 0 Å². The van der Waals surface area contributed by atoms with Crippen LogP contribution < -0.4 is 0 Å². The molecule has 0 aliphatic carbocycles. The number of nitrogens with zero attached hydrogens (tertiary/aromatic N) is 1. The van der Waals surface area contributed by atoms with Crippen LogP contribution in [0.2, 0.25) is 0 Å². The molecule has 1 heterocycles. The minimum absolute atomic E-state index is 0.101. The summed E-state index contributed by atoms with van der Waals surface area (Å²) in [5, 5.41) is 8.97. The van der Waals surface area contributed by atoms with E-state index >= 15 is 0 Å². The van der Waals surface area contributed by atoms with Crippen LogP contribution in [0.15, 0.2) is 0 Å². The average molecular weight is 291 g/mol. The molecule has 3 unspecified atom stereocenters. The van der Waals surface area contributed by atoms with Gasteiger partial charge in [0.15, 0.2) is 5.12 Å². The molecule has 1 rings (SSSR count). The van der Waals surface area contributed by atoms with Crippen molar-refractivity contribution in [2.75, 3.05) is 12.3 Å². The summed E-state index contributed by atoms with van der Waals surface area (Å²) in [5.74, 6) is -1.72. The standard InChI is InChI=1S/C12H18FNO4S/c1-7(6-19-8(2)15)11(16)14-5-9(13)3-4-10(14)12(17)18/h7,9-10H,3-6H2,1-2H3,(H,17,18). The van der Waals surface area contributed by atoms with Crippen LogP contribution in [-0.2, 0) is 14.4 Å². The number of alkyl halides is 1. The number of carboxylic acids is 1. The lowest BCUT2D eigenvalue weighted by Gasteiger charge is -2.36. The van der Waals surface area contributed by atoms with Gasteiger partial charge in [-0.1, -0.05) is 18.7 Å². The Labute approximate surface area is 115 Å². The second kappa shape index (κ2) is 6.88. The van der Waals surface area contributed by atoms with Crippen LogP contribution in [0.5, 0.6) is 0 Å². The maximum Gasteiger partial charge on any atom is 0.326 e. The quantitative estimate of drug-likeness (QED) is 0.845. The van der Waals surface area contributed by atoms with Gasteiger partial charge in [-0.15, -0.1) is 0 Å². The topological polar surface area (TPSA) is 74.7 Å². The number of aliphatic carboxylic acids is 1. The molecule has 0 bridgehead atoms. The predicted octanol–water partition coefficient (Wildman–Crippen LogP) is 1.32. The zero-order valence-electron chi connectivity index (χ0n) is 11.0. The Balaban J connectivity index is 2.69. The summed E-state index contributed by atoms with van der Waals surface area (Å²) in [6.07, 6.45) is -0.876. The molecule has 0 aromatic rings. The molecule has 3 atom stereocenters. The molecule has 19 heavy (non-hydrogen) atoms. The first-order valence-corrected chi connectivity index (χ1v) is 7.12. The Kier molecular flexibility index (Phi) is 5.78. The van der Waals surface area contributed by atoms with Gasteiger partial charge in [0.25, 0.3) is 0 Å². The van der Waals surface area contributed by atoms with Crippen molar-refractivity contribution in [3.8, 4) is 0 Å². The second-order valence-corrected chi connectivity index (χ2v) is 5.92. The first-order valence-electron chi connectivity index (χ1n) is 6.13. The van der Waals surface area contributed by atoms with Crippen LogP contribution in [0.1, 0.15) is 26.7 Å². The number of amides is 1. The van der Waals surface area contributed by atoms with Gasteiger partial charge in [0.2, 0.25) is 5.91 Å². The van der Waals surface area contributed by atoms with Gasteiger partial charge >= 0.3 is 5.97 Å². The molecular weight excluding hydrogens is 273 g/mol. The first kappa shape index (κ1) is 15.9. The highest BCUT2D eigenvalue weighted by molar-refractivity contribution is 8.13. The van der Waals surface area contributed by atoms with Gasteiger partial charge in [-0.3, -0.25) is 9.59 Å². The van der Waals surface area contributed by atoms with Crippen molar-refractivity contribution in [3.63, 3.8) is 0 Å². The van der Waals surface area contributed by atoms with Crippen molar-refractivity contribution in [2.45, 2.75) is 38.9 Å². The summed E-state index contributed by atoms with van der Waals surface area (Å²) >= 11 is 1.01. The summed E-state index contributed by atoms with van der Waals surface area (Å²) in [6.45, 7) is 2.85. The number of carbonyl (C=O) groups is 3. The number of halogens is 1. The third-order valence-electron chi connectivity index (χ3n) is 3.05. The summed E-state index contributed by atoms with van der Waals surface area (Å²) < 4.78 is 13.4. The fraction of sp³-hybridized carbons (Fsp3) is 0.750. The number of thioether (sulfide) groups is 1. The van der Waals surface area contributed by atoms with Crippen molar-refractivity contribution >= 4 is 28.8 Å². The number of carbonyl (C=O) groups excluding carboxylic acids is 2. The van der Waals surface area contributed by atoms with E-state index in [1.165, 1.54) is 6.92 Å². The number of rotatable bonds is 4. The van der Waals surface area contributed by atoms with E-state index in [1.54, 1.807) is 6.92 Å². The molecule has 108 valence electrons. The van der Waals surface area contributed by atoms with E-state index in [0.717, 1.165) is 16.7 Å². The van der Waals surface area contributed by atoms with Crippen molar-refractivity contribution in [1.82, 2.24) is 4.90 Å². The predicted molar refractivity (Wildman–Crippen MR) is 69.6 cm³/mol. The van der Waals surface area contributed by atoms with Gasteiger partial charge in [0.05, 0.1) is 6.54 Å². The lowest BCUT2D eigenvalue weighted by molar-refractivity contribution is -0.154. The average Bonchev–Trinajstić information content (AvgIpc) is 2.34. The van der Waals surface area contributed by atoms with Crippen LogP contribution in [-0.4, -0.2) is 51.5 Å². The molecule has 0 radical (unpaired) electrons. The van der Waals surface area contributed by atoms with E-state index in [9.17, 15) is 18.8 Å². The van der Waals surface area contributed by atoms with E-state index in [4.69, 9.17) is 5.11 Å². The fourth-order valence-corrected chi connectivity index (χ4v) is 2.65. The molecule has 0 saturated carbocycles. The van der Waals surface area contributed by atoms with Gasteiger partial charge in [-0.2, -0.15) is 0 Å². The van der Waals surface area contributed by atoms with E-state index in [0.29, 0.717) is 0 Å². The largest absolute Gasteiger partial charge is 0.480 e. The molecule has 1 aliphatic rings. The number of carboxylic acid groups (broad SMARTS) is 1. The summed E-state index contributed by atoms with van der Waals surface area (Å²) in [4.78, 5) is 35.2. The maximum atomic E-state index is 13.4. The number of likely N-dealkylation sites (tertiary alicyclic amines) is 1. The highest BCUT2D eigenvalue weighted by atomic mass is 32.2. The molecule has 7 heteroatoms. The maximum absolute atomic E-state index is 13.4. The number of hydrogen-bond acceptors (Lipinski definition) is 4. The monoisotopic (exact) mass is 291 g/mol. The lowest BCUT2D eigenvalue weighted by atomic mass is 9.99. The van der Waals surface area contributed by atoms with Gasteiger partial charge in [0, 0.05) is 18.6 Å². The molecule has 0 aromatic heterocycles. The van der Waals surface area contributed by atoms with E-state index in [-0.39, 0.29) is 30.3 Å². The number of hydrogen-bond donors (Lipinski definition) is 1. The van der Waals surface area contributed by atoms with E-state index in [2.05, 4.69) is 0 Å². The molecule has 1 aliphatic heterocycles. The molecule has 1 saturated heterocycles. The third-order valence-corrected chi connectivity index (χ3v) is 4.12. The van der Waals surface area contributed by atoms with Crippen LogP contribution in [0.4, 0.5) is 4.39 Å². The molecule has 1 amide bonds. The molecule has 0 spiro atoms. The Hall–Kier alpha value is -1.11. The van der Waals surface area contributed by atoms with Crippen LogP contribution >= 0.6 is 11.8 Å². The van der Waals surface area contributed by atoms with Gasteiger partial charge in [-0.25, -0.2) is 9.18 Å². The number of piperidine rings is 1. The zero-order chi connectivity index (χ0) is 14.6. The van der Waals surface area contributed by atoms with Gasteiger partial charge in [0.1, 0.15) is 12.2 Å². The summed E-state index contributed by atoms with van der Waals surface area (Å²) in [5.41, 5.74) is 0. The molecule has 0 aromatic carbocycles.